The Morgan fingerprint density at radius 2 is 1.93 bits per heavy atom. The Hall–Kier alpha value is -0.570. The molecule has 0 aromatic heterocycles. The lowest BCUT2D eigenvalue weighted by Crippen LogP contribution is -2.32. The molecule has 90 valence electrons. The molecular weight excluding hydrogens is 188 g/mol. The second-order valence-electron chi connectivity index (χ2n) is 5.56. The van der Waals surface area contributed by atoms with Crippen molar-refractivity contribution in [3.05, 3.63) is 0 Å². The normalized spacial score (nSPS) is 13.7. The summed E-state index contributed by atoms with van der Waals surface area (Å²) >= 11 is 0. The van der Waals surface area contributed by atoms with Gasteiger partial charge in [-0.2, -0.15) is 0 Å². The van der Waals surface area contributed by atoms with Crippen LogP contribution in [0.3, 0.4) is 0 Å². The Bertz CT molecular complexity index is 185. The first-order valence-electron chi connectivity index (χ1n) is 5.82. The Morgan fingerprint density at radius 3 is 2.40 bits per heavy atom. The van der Waals surface area contributed by atoms with Gasteiger partial charge >= 0.3 is 0 Å². The molecule has 0 saturated carbocycles. The zero-order valence-electron chi connectivity index (χ0n) is 10.6. The van der Waals surface area contributed by atoms with Crippen molar-refractivity contribution in [3.63, 3.8) is 0 Å². The number of nitrogens with one attached hydrogen (secondary N) is 1. The topological polar surface area (TPSA) is 55.1 Å². The van der Waals surface area contributed by atoms with Crippen LogP contribution in [-0.4, -0.2) is 19.0 Å². The summed E-state index contributed by atoms with van der Waals surface area (Å²) in [5, 5.41) is 2.95. The van der Waals surface area contributed by atoms with E-state index in [4.69, 9.17) is 5.73 Å². The molecule has 1 atom stereocenters. The molecule has 0 aliphatic heterocycles. The van der Waals surface area contributed by atoms with Gasteiger partial charge in [0.2, 0.25) is 5.91 Å². The van der Waals surface area contributed by atoms with Gasteiger partial charge in [0.05, 0.1) is 0 Å². The highest BCUT2D eigenvalue weighted by molar-refractivity contribution is 5.75. The molecule has 0 heterocycles. The van der Waals surface area contributed by atoms with Crippen molar-refractivity contribution in [1.82, 2.24) is 5.32 Å². The predicted molar refractivity (Wildman–Crippen MR) is 64.5 cm³/mol. The Kier molecular flexibility index (Phi) is 6.57. The summed E-state index contributed by atoms with van der Waals surface area (Å²) < 4.78 is 0. The van der Waals surface area contributed by atoms with Crippen molar-refractivity contribution in [2.75, 3.05) is 13.1 Å². The van der Waals surface area contributed by atoms with E-state index in [2.05, 4.69) is 33.0 Å². The third kappa shape index (κ3) is 9.73. The van der Waals surface area contributed by atoms with E-state index in [0.717, 1.165) is 19.4 Å². The molecule has 0 spiro atoms. The fourth-order valence-electron chi connectivity index (χ4n) is 1.26. The standard InChI is InChI=1S/C12H26N2O/c1-10(7-8-13)5-6-11(15)14-9-12(2,3)4/h10H,5-9,13H2,1-4H3,(H,14,15). The van der Waals surface area contributed by atoms with E-state index in [-0.39, 0.29) is 11.3 Å². The first-order valence-corrected chi connectivity index (χ1v) is 5.82. The minimum absolute atomic E-state index is 0.161. The highest BCUT2D eigenvalue weighted by atomic mass is 16.1. The summed E-state index contributed by atoms with van der Waals surface area (Å²) in [6, 6.07) is 0. The van der Waals surface area contributed by atoms with Gasteiger partial charge in [0.1, 0.15) is 0 Å². The molecule has 0 aliphatic rings. The number of carbonyl (C=O) groups excluding carboxylic acids is 1. The molecule has 0 aromatic carbocycles. The van der Waals surface area contributed by atoms with Crippen LogP contribution < -0.4 is 11.1 Å². The summed E-state index contributed by atoms with van der Waals surface area (Å²) in [7, 11) is 0. The molecule has 3 nitrogen and oxygen atoms in total. The van der Waals surface area contributed by atoms with Gasteiger partial charge in [-0.15, -0.1) is 0 Å². The lowest BCUT2D eigenvalue weighted by atomic mass is 9.96. The van der Waals surface area contributed by atoms with Crippen LogP contribution in [0.1, 0.15) is 47.0 Å². The Morgan fingerprint density at radius 1 is 1.33 bits per heavy atom. The van der Waals surface area contributed by atoms with Crippen LogP contribution in [-0.2, 0) is 4.79 Å². The van der Waals surface area contributed by atoms with Crippen molar-refractivity contribution in [1.29, 1.82) is 0 Å². The van der Waals surface area contributed by atoms with Crippen LogP contribution in [0.25, 0.3) is 0 Å². The summed E-state index contributed by atoms with van der Waals surface area (Å²) in [6.07, 6.45) is 2.57. The predicted octanol–water partition coefficient (Wildman–Crippen LogP) is 1.91. The minimum atomic E-state index is 0.161. The largest absolute Gasteiger partial charge is 0.356 e. The van der Waals surface area contributed by atoms with Crippen molar-refractivity contribution < 1.29 is 4.79 Å². The van der Waals surface area contributed by atoms with E-state index in [1.807, 2.05) is 0 Å². The second-order valence-corrected chi connectivity index (χ2v) is 5.56. The molecule has 0 bridgehead atoms. The Balaban J connectivity index is 3.58. The molecule has 0 saturated heterocycles. The van der Waals surface area contributed by atoms with Gasteiger partial charge in [-0.25, -0.2) is 0 Å². The first kappa shape index (κ1) is 14.4. The van der Waals surface area contributed by atoms with Crippen LogP contribution in [0.5, 0.6) is 0 Å². The minimum Gasteiger partial charge on any atom is -0.356 e. The van der Waals surface area contributed by atoms with Crippen molar-refractivity contribution >= 4 is 5.91 Å². The van der Waals surface area contributed by atoms with E-state index in [9.17, 15) is 4.79 Å². The number of nitrogens with two attached hydrogens (primary N) is 1. The van der Waals surface area contributed by atoms with Gasteiger partial charge in [-0.05, 0) is 30.7 Å². The maximum atomic E-state index is 11.5. The van der Waals surface area contributed by atoms with E-state index in [1.54, 1.807) is 0 Å². The molecular formula is C12H26N2O. The summed E-state index contributed by atoms with van der Waals surface area (Å²) in [6.45, 7) is 9.95. The van der Waals surface area contributed by atoms with E-state index in [1.165, 1.54) is 0 Å². The number of rotatable bonds is 6. The van der Waals surface area contributed by atoms with Gasteiger partial charge in [0, 0.05) is 13.0 Å². The number of hydrogen-bond acceptors (Lipinski definition) is 2. The molecule has 15 heavy (non-hydrogen) atoms. The molecule has 1 amide bonds. The highest BCUT2D eigenvalue weighted by Gasteiger charge is 2.12. The van der Waals surface area contributed by atoms with Gasteiger partial charge in [0.25, 0.3) is 0 Å². The van der Waals surface area contributed by atoms with Crippen LogP contribution in [0, 0.1) is 11.3 Å². The van der Waals surface area contributed by atoms with E-state index >= 15 is 0 Å². The van der Waals surface area contributed by atoms with Crippen LogP contribution in [0.4, 0.5) is 0 Å². The number of carbonyl (C=O) groups is 1. The zero-order valence-corrected chi connectivity index (χ0v) is 10.6. The fraction of sp³-hybridized carbons (Fsp3) is 0.917. The zero-order chi connectivity index (χ0) is 11.9. The number of hydrogen-bond donors (Lipinski definition) is 2. The average Bonchev–Trinajstić information content (AvgIpc) is 2.11. The molecule has 0 aliphatic carbocycles. The van der Waals surface area contributed by atoms with E-state index in [0.29, 0.717) is 18.9 Å². The van der Waals surface area contributed by atoms with Gasteiger partial charge in [-0.3, -0.25) is 4.79 Å². The maximum absolute atomic E-state index is 11.5. The lowest BCUT2D eigenvalue weighted by molar-refractivity contribution is -0.121. The summed E-state index contributed by atoms with van der Waals surface area (Å²) in [4.78, 5) is 11.5. The molecule has 0 rings (SSSR count). The van der Waals surface area contributed by atoms with E-state index < -0.39 is 0 Å². The maximum Gasteiger partial charge on any atom is 0.220 e. The molecule has 3 heteroatoms. The second kappa shape index (κ2) is 6.83. The summed E-state index contributed by atoms with van der Waals surface area (Å²) in [5.41, 5.74) is 5.62. The number of amides is 1. The summed E-state index contributed by atoms with van der Waals surface area (Å²) in [5.74, 6) is 0.712. The molecule has 1 unspecified atom stereocenters. The average molecular weight is 214 g/mol. The van der Waals surface area contributed by atoms with Gasteiger partial charge in [-0.1, -0.05) is 27.7 Å². The highest BCUT2D eigenvalue weighted by Crippen LogP contribution is 2.12. The third-order valence-corrected chi connectivity index (χ3v) is 2.34. The molecule has 0 radical (unpaired) electrons. The monoisotopic (exact) mass is 214 g/mol. The lowest BCUT2D eigenvalue weighted by Gasteiger charge is -2.19. The van der Waals surface area contributed by atoms with Crippen molar-refractivity contribution in [2.24, 2.45) is 17.1 Å². The van der Waals surface area contributed by atoms with Crippen LogP contribution >= 0.6 is 0 Å². The fourth-order valence-corrected chi connectivity index (χ4v) is 1.26. The van der Waals surface area contributed by atoms with Crippen molar-refractivity contribution in [2.45, 2.75) is 47.0 Å². The van der Waals surface area contributed by atoms with Gasteiger partial charge in [0.15, 0.2) is 0 Å². The van der Waals surface area contributed by atoms with Gasteiger partial charge < -0.3 is 11.1 Å². The molecule has 0 aromatic rings. The quantitative estimate of drug-likeness (QED) is 0.709. The Labute approximate surface area is 93.8 Å². The molecule has 0 fully saturated rings. The smallest absolute Gasteiger partial charge is 0.220 e. The van der Waals surface area contributed by atoms with Crippen LogP contribution in [0.15, 0.2) is 0 Å². The van der Waals surface area contributed by atoms with Crippen molar-refractivity contribution in [3.8, 4) is 0 Å². The SMILES string of the molecule is CC(CCN)CCC(=O)NCC(C)(C)C. The third-order valence-electron chi connectivity index (χ3n) is 2.34. The first-order chi connectivity index (χ1) is 6.85. The van der Waals surface area contributed by atoms with Crippen LogP contribution in [0.2, 0.25) is 0 Å². The molecule has 3 N–H and O–H groups in total.